The van der Waals surface area contributed by atoms with Crippen LogP contribution in [0.1, 0.15) is 41.6 Å². The number of piperidine rings is 1. The molecule has 1 aromatic heterocycles. The minimum Gasteiger partial charge on any atom is -0.508 e. The van der Waals surface area contributed by atoms with Crippen molar-refractivity contribution in [3.63, 3.8) is 0 Å². The predicted molar refractivity (Wildman–Crippen MR) is 100 cm³/mol. The van der Waals surface area contributed by atoms with Gasteiger partial charge >= 0.3 is 0 Å². The van der Waals surface area contributed by atoms with Crippen molar-refractivity contribution in [3.8, 4) is 5.75 Å². The van der Waals surface area contributed by atoms with Crippen molar-refractivity contribution in [2.45, 2.75) is 32.1 Å². The summed E-state index contributed by atoms with van der Waals surface area (Å²) in [5.41, 5.74) is 7.73. The molecule has 1 aliphatic heterocycles. The Labute approximate surface area is 151 Å². The van der Waals surface area contributed by atoms with Crippen molar-refractivity contribution in [1.82, 2.24) is 10.3 Å². The average Bonchev–Trinajstić information content (AvgIpc) is 2.58. The highest BCUT2D eigenvalue weighted by Crippen LogP contribution is 2.38. The number of nitrogens with one attached hydrogen (secondary N) is 1. The molecule has 0 spiro atoms. The Morgan fingerprint density at radius 2 is 1.79 bits per heavy atom. The minimum absolute atomic E-state index is 0.355. The molecule has 124 valence electrons. The van der Waals surface area contributed by atoms with Crippen LogP contribution < -0.4 is 5.32 Å². The fourth-order valence-corrected chi connectivity index (χ4v) is 4.24. The third kappa shape index (κ3) is 3.01. The van der Waals surface area contributed by atoms with Crippen LogP contribution in [0.4, 0.5) is 0 Å². The number of aryl methyl sites for hydroxylation is 2. The number of pyridine rings is 1. The van der Waals surface area contributed by atoms with E-state index in [-0.39, 0.29) is 0 Å². The van der Waals surface area contributed by atoms with Crippen molar-refractivity contribution in [1.29, 1.82) is 0 Å². The Kier molecular flexibility index (Phi) is 4.42. The quantitative estimate of drug-likeness (QED) is 0.714. The summed E-state index contributed by atoms with van der Waals surface area (Å²) >= 11 is 3.57. The van der Waals surface area contributed by atoms with Crippen LogP contribution in [0.5, 0.6) is 5.75 Å². The standard InChI is InChI=1S/C20H21BrN2O/c21-16-10-15-3-1-2-14-11-17(24)4-5-18(14)19(20(15)23-12-16)13-6-8-22-9-7-13/h4-5,10-12,22,24H,1-3,6-9H2. The van der Waals surface area contributed by atoms with Crippen LogP contribution >= 0.6 is 15.9 Å². The smallest absolute Gasteiger partial charge is 0.115 e. The van der Waals surface area contributed by atoms with Gasteiger partial charge in [-0.05, 0) is 96.0 Å². The molecule has 3 nitrogen and oxygen atoms in total. The first kappa shape index (κ1) is 15.9. The molecule has 0 amide bonds. The highest BCUT2D eigenvalue weighted by Gasteiger charge is 2.22. The molecule has 1 aromatic carbocycles. The van der Waals surface area contributed by atoms with Crippen LogP contribution in [0.2, 0.25) is 0 Å². The van der Waals surface area contributed by atoms with E-state index in [1.165, 1.54) is 27.8 Å². The van der Waals surface area contributed by atoms with Gasteiger partial charge in [-0.15, -0.1) is 0 Å². The first-order chi connectivity index (χ1) is 11.7. The minimum atomic E-state index is 0.355. The van der Waals surface area contributed by atoms with Gasteiger partial charge in [0.1, 0.15) is 5.75 Å². The highest BCUT2D eigenvalue weighted by molar-refractivity contribution is 9.10. The molecule has 2 heterocycles. The number of aromatic hydroxyl groups is 1. The maximum Gasteiger partial charge on any atom is 0.115 e. The number of benzene rings is 1. The molecular formula is C20H21BrN2O. The largest absolute Gasteiger partial charge is 0.508 e. The van der Waals surface area contributed by atoms with Gasteiger partial charge in [0.15, 0.2) is 0 Å². The fourth-order valence-electron chi connectivity index (χ4n) is 3.86. The van der Waals surface area contributed by atoms with E-state index in [9.17, 15) is 5.11 Å². The average molecular weight is 385 g/mol. The van der Waals surface area contributed by atoms with Gasteiger partial charge in [0, 0.05) is 16.2 Å². The second kappa shape index (κ2) is 6.69. The number of halogens is 1. The van der Waals surface area contributed by atoms with E-state index in [0.29, 0.717) is 5.75 Å². The summed E-state index contributed by atoms with van der Waals surface area (Å²) < 4.78 is 1.04. The summed E-state index contributed by atoms with van der Waals surface area (Å²) in [6, 6.07) is 8.03. The van der Waals surface area contributed by atoms with Crippen molar-refractivity contribution < 1.29 is 5.11 Å². The van der Waals surface area contributed by atoms with E-state index in [2.05, 4.69) is 33.4 Å². The maximum atomic E-state index is 9.93. The zero-order chi connectivity index (χ0) is 16.5. The fraction of sp³-hybridized carbons (Fsp3) is 0.350. The SMILES string of the molecule is Oc1ccc2c(c1)CCCc1cc(Br)cnc1C2=C1CCNCC1. The number of phenolic OH excluding ortho intramolecular Hbond substituents is 1. The number of rotatable bonds is 0. The Hall–Kier alpha value is -1.65. The molecule has 24 heavy (non-hydrogen) atoms. The summed E-state index contributed by atoms with van der Waals surface area (Å²) in [5.74, 6) is 0.355. The molecule has 4 heteroatoms. The lowest BCUT2D eigenvalue weighted by Crippen LogP contribution is -2.24. The van der Waals surface area contributed by atoms with Crippen LogP contribution in [-0.2, 0) is 12.8 Å². The summed E-state index contributed by atoms with van der Waals surface area (Å²) in [7, 11) is 0. The van der Waals surface area contributed by atoms with Crippen LogP contribution in [-0.4, -0.2) is 23.2 Å². The van der Waals surface area contributed by atoms with Crippen LogP contribution in [0.25, 0.3) is 5.57 Å². The number of nitrogens with zero attached hydrogens (tertiary/aromatic N) is 1. The van der Waals surface area contributed by atoms with Gasteiger partial charge < -0.3 is 10.4 Å². The molecule has 1 aliphatic carbocycles. The van der Waals surface area contributed by atoms with Gasteiger partial charge in [-0.25, -0.2) is 0 Å². The molecule has 1 fully saturated rings. The molecule has 0 bridgehead atoms. The molecule has 2 aromatic rings. The van der Waals surface area contributed by atoms with Gasteiger partial charge in [-0.2, -0.15) is 0 Å². The van der Waals surface area contributed by atoms with Crippen molar-refractivity contribution >= 4 is 21.5 Å². The van der Waals surface area contributed by atoms with Crippen LogP contribution in [0.15, 0.2) is 40.5 Å². The number of aromatic nitrogens is 1. The van der Waals surface area contributed by atoms with E-state index >= 15 is 0 Å². The van der Waals surface area contributed by atoms with Crippen LogP contribution in [0.3, 0.4) is 0 Å². The van der Waals surface area contributed by atoms with E-state index in [1.807, 2.05) is 12.3 Å². The normalized spacial score (nSPS) is 17.7. The summed E-state index contributed by atoms with van der Waals surface area (Å²) in [6.07, 6.45) is 7.12. The van der Waals surface area contributed by atoms with E-state index in [4.69, 9.17) is 4.98 Å². The number of fused-ring (bicyclic) bond motifs is 2. The highest BCUT2D eigenvalue weighted by atomic mass is 79.9. The molecule has 2 aliphatic rings. The summed E-state index contributed by atoms with van der Waals surface area (Å²) in [6.45, 7) is 2.05. The second-order valence-corrected chi connectivity index (χ2v) is 7.50. The number of phenols is 1. The molecule has 0 radical (unpaired) electrons. The van der Waals surface area contributed by atoms with Gasteiger partial charge in [0.25, 0.3) is 0 Å². The van der Waals surface area contributed by atoms with E-state index in [1.54, 1.807) is 6.07 Å². The molecule has 0 unspecified atom stereocenters. The van der Waals surface area contributed by atoms with Crippen molar-refractivity contribution in [3.05, 3.63) is 62.9 Å². The Morgan fingerprint density at radius 3 is 2.62 bits per heavy atom. The third-order valence-corrected chi connectivity index (χ3v) is 5.41. The van der Waals surface area contributed by atoms with E-state index < -0.39 is 0 Å². The molecule has 4 rings (SSSR count). The number of hydrogen-bond donors (Lipinski definition) is 2. The summed E-state index contributed by atoms with van der Waals surface area (Å²) in [5, 5.41) is 13.4. The third-order valence-electron chi connectivity index (χ3n) is 4.98. The summed E-state index contributed by atoms with van der Waals surface area (Å²) in [4.78, 5) is 4.81. The predicted octanol–water partition coefficient (Wildman–Crippen LogP) is 4.22. The van der Waals surface area contributed by atoms with E-state index in [0.717, 1.165) is 55.4 Å². The number of hydrogen-bond acceptors (Lipinski definition) is 3. The first-order valence-corrected chi connectivity index (χ1v) is 9.41. The monoisotopic (exact) mass is 384 g/mol. The molecule has 1 saturated heterocycles. The molecule has 2 N–H and O–H groups in total. The Bertz CT molecular complexity index is 750. The second-order valence-electron chi connectivity index (χ2n) is 6.58. The van der Waals surface area contributed by atoms with Crippen molar-refractivity contribution in [2.75, 3.05) is 13.1 Å². The van der Waals surface area contributed by atoms with Gasteiger partial charge in [0.05, 0.1) is 5.69 Å². The lowest BCUT2D eigenvalue weighted by atomic mass is 9.83. The molecule has 0 atom stereocenters. The lowest BCUT2D eigenvalue weighted by molar-refractivity contribution is 0.474. The van der Waals surface area contributed by atoms with Gasteiger partial charge in [-0.3, -0.25) is 4.98 Å². The maximum absolute atomic E-state index is 9.93. The zero-order valence-electron chi connectivity index (χ0n) is 13.6. The van der Waals surface area contributed by atoms with Crippen LogP contribution in [0, 0.1) is 0 Å². The lowest BCUT2D eigenvalue weighted by Gasteiger charge is -2.25. The van der Waals surface area contributed by atoms with Crippen molar-refractivity contribution in [2.24, 2.45) is 0 Å². The molecular weight excluding hydrogens is 364 g/mol. The van der Waals surface area contributed by atoms with Gasteiger partial charge in [0.2, 0.25) is 0 Å². The molecule has 0 saturated carbocycles. The van der Waals surface area contributed by atoms with Gasteiger partial charge in [-0.1, -0.05) is 11.6 Å². The zero-order valence-corrected chi connectivity index (χ0v) is 15.2. The Morgan fingerprint density at radius 1 is 1.00 bits per heavy atom. The first-order valence-electron chi connectivity index (χ1n) is 8.62. The topological polar surface area (TPSA) is 45.2 Å². The Balaban J connectivity index is 1.98.